The van der Waals surface area contributed by atoms with Gasteiger partial charge in [-0.1, -0.05) is 48.5 Å². The van der Waals surface area contributed by atoms with Crippen LogP contribution in [0.25, 0.3) is 0 Å². The maximum atomic E-state index is 9.03. The highest BCUT2D eigenvalue weighted by Crippen LogP contribution is 2.33. The highest BCUT2D eigenvalue weighted by atomic mass is 16.5. The number of nitrogens with zero attached hydrogens (tertiary/aromatic N) is 1. The molecule has 0 saturated heterocycles. The molecule has 1 atom stereocenters. The molecule has 0 N–H and O–H groups in total. The molecule has 0 aromatic heterocycles. The minimum Gasteiger partial charge on any atom is -0.496 e. The molecule has 90 valence electrons. The molecule has 2 heteroatoms. The summed E-state index contributed by atoms with van der Waals surface area (Å²) in [4.78, 5) is 0. The van der Waals surface area contributed by atoms with Gasteiger partial charge in [-0.05, 0) is 11.6 Å². The van der Waals surface area contributed by atoms with Gasteiger partial charge in [0.15, 0.2) is 0 Å². The summed E-state index contributed by atoms with van der Waals surface area (Å²) in [6, 6.07) is 20.2. The quantitative estimate of drug-likeness (QED) is 0.811. The second-order valence-corrected chi connectivity index (χ2v) is 4.07. The van der Waals surface area contributed by atoms with Gasteiger partial charge in [-0.3, -0.25) is 0 Å². The predicted molar refractivity (Wildman–Crippen MR) is 71.5 cm³/mol. The van der Waals surface area contributed by atoms with E-state index in [9.17, 15) is 0 Å². The number of hydrogen-bond acceptors (Lipinski definition) is 2. The van der Waals surface area contributed by atoms with E-state index in [-0.39, 0.29) is 5.92 Å². The van der Waals surface area contributed by atoms with E-state index in [0.717, 1.165) is 16.9 Å². The van der Waals surface area contributed by atoms with Gasteiger partial charge < -0.3 is 4.74 Å². The van der Waals surface area contributed by atoms with Crippen molar-refractivity contribution in [1.29, 1.82) is 5.26 Å². The molecule has 0 amide bonds. The smallest absolute Gasteiger partial charge is 0.122 e. The molecule has 18 heavy (non-hydrogen) atoms. The summed E-state index contributed by atoms with van der Waals surface area (Å²) in [7, 11) is 1.66. The zero-order valence-corrected chi connectivity index (χ0v) is 10.3. The van der Waals surface area contributed by atoms with Gasteiger partial charge in [-0.25, -0.2) is 0 Å². The summed E-state index contributed by atoms with van der Waals surface area (Å²) in [5, 5.41) is 9.03. The van der Waals surface area contributed by atoms with Crippen LogP contribution in [0.5, 0.6) is 5.75 Å². The summed E-state index contributed by atoms with van der Waals surface area (Å²) in [6.45, 7) is 0. The number of nitriles is 1. The monoisotopic (exact) mass is 237 g/mol. The molecular formula is C16H15NO. The van der Waals surface area contributed by atoms with Gasteiger partial charge in [0.25, 0.3) is 0 Å². The molecule has 0 bridgehead atoms. The van der Waals surface area contributed by atoms with Gasteiger partial charge in [0.1, 0.15) is 5.75 Å². The molecule has 0 fully saturated rings. The first-order chi connectivity index (χ1) is 8.86. The van der Waals surface area contributed by atoms with Crippen molar-refractivity contribution in [2.75, 3.05) is 7.11 Å². The van der Waals surface area contributed by atoms with Crippen LogP contribution in [0.3, 0.4) is 0 Å². The van der Waals surface area contributed by atoms with Crippen molar-refractivity contribution in [2.45, 2.75) is 12.3 Å². The van der Waals surface area contributed by atoms with Crippen LogP contribution in [0.1, 0.15) is 23.5 Å². The number of hydrogen-bond donors (Lipinski definition) is 0. The second-order valence-electron chi connectivity index (χ2n) is 4.07. The zero-order valence-electron chi connectivity index (χ0n) is 10.3. The van der Waals surface area contributed by atoms with E-state index >= 15 is 0 Å². The van der Waals surface area contributed by atoms with Crippen LogP contribution >= 0.6 is 0 Å². The van der Waals surface area contributed by atoms with Crippen molar-refractivity contribution in [1.82, 2.24) is 0 Å². The van der Waals surface area contributed by atoms with Gasteiger partial charge in [0.05, 0.1) is 13.2 Å². The Morgan fingerprint density at radius 3 is 2.39 bits per heavy atom. The normalized spacial score (nSPS) is 11.6. The van der Waals surface area contributed by atoms with Crippen LogP contribution in [0, 0.1) is 11.3 Å². The molecular weight excluding hydrogens is 222 g/mol. The molecule has 0 aliphatic rings. The van der Waals surface area contributed by atoms with Crippen LogP contribution in [-0.4, -0.2) is 7.11 Å². The molecule has 0 aliphatic carbocycles. The maximum absolute atomic E-state index is 9.03. The number of rotatable bonds is 4. The Bertz CT molecular complexity index is 543. The molecule has 2 aromatic rings. The van der Waals surface area contributed by atoms with Gasteiger partial charge in [0.2, 0.25) is 0 Å². The molecule has 2 rings (SSSR count). The Hall–Kier alpha value is -2.27. The van der Waals surface area contributed by atoms with E-state index in [1.54, 1.807) is 7.11 Å². The van der Waals surface area contributed by atoms with Crippen LogP contribution in [0.4, 0.5) is 0 Å². The highest BCUT2D eigenvalue weighted by Gasteiger charge is 2.17. The predicted octanol–water partition coefficient (Wildman–Crippen LogP) is 3.74. The summed E-state index contributed by atoms with van der Waals surface area (Å²) in [5.41, 5.74) is 2.20. The first-order valence-corrected chi connectivity index (χ1v) is 5.91. The second kappa shape index (κ2) is 5.88. The largest absolute Gasteiger partial charge is 0.496 e. The first-order valence-electron chi connectivity index (χ1n) is 5.91. The van der Waals surface area contributed by atoms with Crippen molar-refractivity contribution in [3.63, 3.8) is 0 Å². The average Bonchev–Trinajstić information content (AvgIpc) is 2.46. The molecule has 0 radical (unpaired) electrons. The van der Waals surface area contributed by atoms with E-state index in [1.807, 2.05) is 42.5 Å². The van der Waals surface area contributed by atoms with Crippen LogP contribution in [0.2, 0.25) is 0 Å². The number of ether oxygens (including phenoxy) is 1. The van der Waals surface area contributed by atoms with E-state index in [1.165, 1.54) is 0 Å². The Morgan fingerprint density at radius 2 is 1.72 bits per heavy atom. The number of para-hydroxylation sites is 1. The number of benzene rings is 2. The van der Waals surface area contributed by atoms with Crippen LogP contribution in [0.15, 0.2) is 54.6 Å². The van der Waals surface area contributed by atoms with Crippen molar-refractivity contribution in [2.24, 2.45) is 0 Å². The fourth-order valence-corrected chi connectivity index (χ4v) is 2.14. The zero-order chi connectivity index (χ0) is 12.8. The summed E-state index contributed by atoms with van der Waals surface area (Å²) < 4.78 is 5.38. The van der Waals surface area contributed by atoms with Crippen LogP contribution in [-0.2, 0) is 0 Å². The van der Waals surface area contributed by atoms with Gasteiger partial charge in [0, 0.05) is 17.9 Å². The van der Waals surface area contributed by atoms with Crippen LogP contribution < -0.4 is 4.74 Å². The van der Waals surface area contributed by atoms with E-state index in [0.29, 0.717) is 6.42 Å². The summed E-state index contributed by atoms with van der Waals surface area (Å²) in [6.07, 6.45) is 0.449. The van der Waals surface area contributed by atoms with Gasteiger partial charge in [-0.2, -0.15) is 5.26 Å². The third-order valence-electron chi connectivity index (χ3n) is 3.01. The lowest BCUT2D eigenvalue weighted by Crippen LogP contribution is -2.02. The van der Waals surface area contributed by atoms with E-state index < -0.39 is 0 Å². The number of methoxy groups -OCH3 is 1. The standard InChI is InChI=1S/C16H15NO/c1-18-16-10-6-5-9-15(16)14(11-12-17)13-7-3-2-4-8-13/h2-10,14H,11H2,1H3. The molecule has 0 spiro atoms. The molecule has 2 nitrogen and oxygen atoms in total. The van der Waals surface area contributed by atoms with E-state index in [4.69, 9.17) is 10.00 Å². The topological polar surface area (TPSA) is 33.0 Å². The third-order valence-corrected chi connectivity index (χ3v) is 3.01. The lowest BCUT2D eigenvalue weighted by Gasteiger charge is -2.17. The molecule has 2 aromatic carbocycles. The Balaban J connectivity index is 2.45. The average molecular weight is 237 g/mol. The highest BCUT2D eigenvalue weighted by molar-refractivity contribution is 5.42. The first kappa shape index (κ1) is 12.2. The molecule has 1 unspecified atom stereocenters. The molecule has 0 aliphatic heterocycles. The Morgan fingerprint density at radius 1 is 1.06 bits per heavy atom. The van der Waals surface area contributed by atoms with Crippen molar-refractivity contribution in [3.05, 3.63) is 65.7 Å². The fraction of sp³-hybridized carbons (Fsp3) is 0.188. The van der Waals surface area contributed by atoms with Gasteiger partial charge >= 0.3 is 0 Å². The fourth-order valence-electron chi connectivity index (χ4n) is 2.14. The molecule has 0 saturated carbocycles. The Labute approximate surface area is 107 Å². The summed E-state index contributed by atoms with van der Waals surface area (Å²) >= 11 is 0. The summed E-state index contributed by atoms with van der Waals surface area (Å²) in [5.74, 6) is 0.897. The minimum atomic E-state index is 0.0624. The molecule has 0 heterocycles. The lowest BCUT2D eigenvalue weighted by atomic mass is 9.88. The third kappa shape index (κ3) is 2.52. The van der Waals surface area contributed by atoms with Crippen molar-refractivity contribution >= 4 is 0 Å². The lowest BCUT2D eigenvalue weighted by molar-refractivity contribution is 0.407. The maximum Gasteiger partial charge on any atom is 0.122 e. The van der Waals surface area contributed by atoms with Crippen molar-refractivity contribution < 1.29 is 4.74 Å². The van der Waals surface area contributed by atoms with Crippen molar-refractivity contribution in [3.8, 4) is 11.8 Å². The van der Waals surface area contributed by atoms with Gasteiger partial charge in [-0.15, -0.1) is 0 Å². The Kier molecular flexibility index (Phi) is 3.98. The minimum absolute atomic E-state index is 0.0624. The van der Waals surface area contributed by atoms with E-state index in [2.05, 4.69) is 18.2 Å². The SMILES string of the molecule is COc1ccccc1C(CC#N)c1ccccc1.